The lowest BCUT2D eigenvalue weighted by Gasteiger charge is -2.12. The number of ether oxygens (including phenoxy) is 4. The molecule has 0 saturated carbocycles. The predicted octanol–water partition coefficient (Wildman–Crippen LogP) is 3.47. The Bertz CT molecular complexity index is 639. The van der Waals surface area contributed by atoms with Crippen LogP contribution in [0.1, 0.15) is 13.8 Å². The second-order valence-corrected chi connectivity index (χ2v) is 4.52. The maximum atomic E-state index is 12.0. The zero-order chi connectivity index (χ0) is 16.5. The molecule has 122 valence electrons. The third-order valence-electron chi connectivity index (χ3n) is 2.87. The Balaban J connectivity index is 1.96. The molecule has 0 radical (unpaired) electrons. The summed E-state index contributed by atoms with van der Waals surface area (Å²) in [6, 6.07) is 14.2. The smallest absolute Gasteiger partial charge is 0.349 e. The summed E-state index contributed by atoms with van der Waals surface area (Å²) in [5.41, 5.74) is 0. The molecule has 2 aromatic rings. The van der Waals surface area contributed by atoms with Crippen LogP contribution in [0, 0.1) is 0 Å². The molecule has 0 N–H and O–H groups in total. The number of hydrogen-bond acceptors (Lipinski definition) is 5. The summed E-state index contributed by atoms with van der Waals surface area (Å²) in [6.07, 6.45) is 0. The van der Waals surface area contributed by atoms with Crippen LogP contribution in [0.25, 0.3) is 0 Å². The fraction of sp³-hybridized carbons (Fsp3) is 0.278. The van der Waals surface area contributed by atoms with Crippen molar-refractivity contribution in [3.63, 3.8) is 0 Å². The quantitative estimate of drug-likeness (QED) is 0.551. The second kappa shape index (κ2) is 8.68. The van der Waals surface area contributed by atoms with Crippen LogP contribution in [0.4, 0.5) is 0 Å². The van der Waals surface area contributed by atoms with E-state index in [-0.39, 0.29) is 6.61 Å². The van der Waals surface area contributed by atoms with Gasteiger partial charge in [-0.05, 0) is 38.1 Å². The van der Waals surface area contributed by atoms with Crippen LogP contribution in [0.2, 0.25) is 0 Å². The van der Waals surface area contributed by atoms with Crippen molar-refractivity contribution in [2.75, 3.05) is 19.8 Å². The van der Waals surface area contributed by atoms with E-state index in [2.05, 4.69) is 0 Å². The molecule has 0 atom stereocenters. The highest BCUT2D eigenvalue weighted by molar-refractivity contribution is 5.74. The Labute approximate surface area is 135 Å². The van der Waals surface area contributed by atoms with Gasteiger partial charge >= 0.3 is 5.97 Å². The third kappa shape index (κ3) is 4.92. The van der Waals surface area contributed by atoms with Crippen molar-refractivity contribution in [3.05, 3.63) is 48.5 Å². The Hall–Kier alpha value is -2.69. The van der Waals surface area contributed by atoms with Crippen LogP contribution in [0.15, 0.2) is 48.5 Å². The van der Waals surface area contributed by atoms with Crippen molar-refractivity contribution in [2.24, 2.45) is 0 Å². The molecule has 0 bridgehead atoms. The molecule has 0 saturated heterocycles. The first kappa shape index (κ1) is 16.7. The first-order valence-electron chi connectivity index (χ1n) is 7.51. The summed E-state index contributed by atoms with van der Waals surface area (Å²) >= 11 is 0. The van der Waals surface area contributed by atoms with Gasteiger partial charge in [-0.25, -0.2) is 4.79 Å². The van der Waals surface area contributed by atoms with Crippen molar-refractivity contribution in [3.8, 4) is 23.0 Å². The average molecular weight is 316 g/mol. The molecular formula is C18H20O5. The summed E-state index contributed by atoms with van der Waals surface area (Å²) in [7, 11) is 0. The fourth-order valence-corrected chi connectivity index (χ4v) is 1.94. The van der Waals surface area contributed by atoms with Gasteiger partial charge in [0.25, 0.3) is 0 Å². The van der Waals surface area contributed by atoms with E-state index in [4.69, 9.17) is 18.9 Å². The molecule has 5 heteroatoms. The van der Waals surface area contributed by atoms with E-state index in [9.17, 15) is 4.79 Å². The van der Waals surface area contributed by atoms with E-state index in [1.54, 1.807) is 30.3 Å². The number of hydrogen-bond donors (Lipinski definition) is 0. The molecule has 2 rings (SSSR count). The molecule has 0 spiro atoms. The molecule has 0 aliphatic carbocycles. The van der Waals surface area contributed by atoms with Crippen LogP contribution < -0.4 is 18.9 Å². The van der Waals surface area contributed by atoms with Crippen molar-refractivity contribution >= 4 is 5.97 Å². The maximum Gasteiger partial charge on any atom is 0.349 e. The van der Waals surface area contributed by atoms with Gasteiger partial charge in [0.2, 0.25) is 0 Å². The van der Waals surface area contributed by atoms with Gasteiger partial charge in [0, 0.05) is 0 Å². The molecule has 0 aliphatic heterocycles. The molecule has 0 amide bonds. The summed E-state index contributed by atoms with van der Waals surface area (Å²) < 4.78 is 21.6. The minimum atomic E-state index is -0.511. The van der Waals surface area contributed by atoms with Crippen molar-refractivity contribution < 1.29 is 23.7 Å². The van der Waals surface area contributed by atoms with Crippen LogP contribution in [0.3, 0.4) is 0 Å². The molecule has 5 nitrogen and oxygen atoms in total. The van der Waals surface area contributed by atoms with Crippen LogP contribution in [-0.2, 0) is 4.79 Å². The molecule has 23 heavy (non-hydrogen) atoms. The highest BCUT2D eigenvalue weighted by Gasteiger charge is 2.12. The van der Waals surface area contributed by atoms with E-state index in [1.807, 2.05) is 32.0 Å². The standard InChI is InChI=1S/C18H20O5/c1-3-20-14-9-5-6-10-15(14)22-13-18(19)23-17-12-8-7-11-16(17)21-4-2/h5-12H,3-4,13H2,1-2H3. The van der Waals surface area contributed by atoms with E-state index < -0.39 is 5.97 Å². The van der Waals surface area contributed by atoms with E-state index in [1.165, 1.54) is 0 Å². The predicted molar refractivity (Wildman–Crippen MR) is 86.4 cm³/mol. The number of esters is 1. The Morgan fingerprint density at radius 1 is 0.739 bits per heavy atom. The van der Waals surface area contributed by atoms with Gasteiger partial charge in [-0.2, -0.15) is 0 Å². The average Bonchev–Trinajstić information content (AvgIpc) is 2.56. The van der Waals surface area contributed by atoms with Crippen LogP contribution in [-0.4, -0.2) is 25.8 Å². The lowest BCUT2D eigenvalue weighted by Crippen LogP contribution is -2.18. The molecule has 0 unspecified atom stereocenters. The molecular weight excluding hydrogens is 296 g/mol. The SMILES string of the molecule is CCOc1ccccc1OCC(=O)Oc1ccccc1OCC. The highest BCUT2D eigenvalue weighted by Crippen LogP contribution is 2.28. The maximum absolute atomic E-state index is 12.0. The Morgan fingerprint density at radius 2 is 1.17 bits per heavy atom. The Morgan fingerprint density at radius 3 is 1.70 bits per heavy atom. The summed E-state index contributed by atoms with van der Waals surface area (Å²) in [5.74, 6) is 1.49. The molecule has 0 aromatic heterocycles. The zero-order valence-corrected chi connectivity index (χ0v) is 13.3. The summed E-state index contributed by atoms with van der Waals surface area (Å²) in [4.78, 5) is 12.0. The van der Waals surface area contributed by atoms with Crippen molar-refractivity contribution in [1.82, 2.24) is 0 Å². The highest BCUT2D eigenvalue weighted by atomic mass is 16.6. The lowest BCUT2D eigenvalue weighted by atomic mass is 10.3. The molecule has 0 heterocycles. The fourth-order valence-electron chi connectivity index (χ4n) is 1.94. The zero-order valence-electron chi connectivity index (χ0n) is 13.3. The lowest BCUT2D eigenvalue weighted by molar-refractivity contribution is -0.136. The van der Waals surface area contributed by atoms with Gasteiger partial charge in [-0.1, -0.05) is 24.3 Å². The van der Waals surface area contributed by atoms with E-state index in [0.29, 0.717) is 36.2 Å². The normalized spacial score (nSPS) is 10.0. The largest absolute Gasteiger partial charge is 0.490 e. The topological polar surface area (TPSA) is 54.0 Å². The van der Waals surface area contributed by atoms with Gasteiger partial charge in [-0.15, -0.1) is 0 Å². The second-order valence-electron chi connectivity index (χ2n) is 4.52. The minimum Gasteiger partial charge on any atom is -0.490 e. The van der Waals surface area contributed by atoms with E-state index in [0.717, 1.165) is 0 Å². The number of para-hydroxylation sites is 4. The molecule has 0 fully saturated rings. The summed E-state index contributed by atoms with van der Waals surface area (Å²) in [6.45, 7) is 4.55. The number of carbonyl (C=O) groups excluding carboxylic acids is 1. The molecule has 2 aromatic carbocycles. The van der Waals surface area contributed by atoms with Gasteiger partial charge in [0.1, 0.15) is 0 Å². The van der Waals surface area contributed by atoms with Gasteiger partial charge < -0.3 is 18.9 Å². The number of benzene rings is 2. The number of carbonyl (C=O) groups is 1. The van der Waals surface area contributed by atoms with Crippen LogP contribution >= 0.6 is 0 Å². The Kier molecular flexibility index (Phi) is 6.29. The summed E-state index contributed by atoms with van der Waals surface area (Å²) in [5, 5.41) is 0. The van der Waals surface area contributed by atoms with Gasteiger partial charge in [-0.3, -0.25) is 0 Å². The van der Waals surface area contributed by atoms with Crippen molar-refractivity contribution in [2.45, 2.75) is 13.8 Å². The third-order valence-corrected chi connectivity index (χ3v) is 2.87. The van der Waals surface area contributed by atoms with E-state index >= 15 is 0 Å². The number of rotatable bonds is 8. The van der Waals surface area contributed by atoms with Crippen LogP contribution in [0.5, 0.6) is 23.0 Å². The monoisotopic (exact) mass is 316 g/mol. The molecule has 0 aliphatic rings. The first-order valence-corrected chi connectivity index (χ1v) is 7.51. The van der Waals surface area contributed by atoms with Gasteiger partial charge in [0.15, 0.2) is 29.6 Å². The minimum absolute atomic E-state index is 0.218. The first-order chi connectivity index (χ1) is 11.2. The van der Waals surface area contributed by atoms with Crippen molar-refractivity contribution in [1.29, 1.82) is 0 Å². The van der Waals surface area contributed by atoms with Gasteiger partial charge in [0.05, 0.1) is 13.2 Å².